The summed E-state index contributed by atoms with van der Waals surface area (Å²) in [4.78, 5) is 141. The van der Waals surface area contributed by atoms with E-state index in [0.29, 0.717) is 103 Å². The molecule has 35 heteroatoms. The van der Waals surface area contributed by atoms with Crippen LogP contribution in [-0.4, -0.2) is 227 Å². The number of amides is 10. The average Bonchev–Trinajstić information content (AvgIpc) is 1.74. The number of aromatic nitrogens is 8. The molecule has 0 bridgehead atoms. The van der Waals surface area contributed by atoms with Gasteiger partial charge in [-0.15, -0.1) is 0 Å². The van der Waals surface area contributed by atoms with Crippen molar-refractivity contribution in [3.8, 4) is 5.75 Å². The van der Waals surface area contributed by atoms with Crippen molar-refractivity contribution in [1.82, 2.24) is 69.3 Å². The number of rotatable bonds is 46. The third-order valence-corrected chi connectivity index (χ3v) is 14.3. The van der Waals surface area contributed by atoms with Gasteiger partial charge >= 0.3 is 0 Å². The van der Waals surface area contributed by atoms with Gasteiger partial charge in [0.1, 0.15) is 23.7 Å². The molecule has 99 heavy (non-hydrogen) atoms. The van der Waals surface area contributed by atoms with Gasteiger partial charge < -0.3 is 109 Å². The first-order valence-corrected chi connectivity index (χ1v) is 32.2. The molecule has 5 heterocycles. The second-order valence-corrected chi connectivity index (χ2v) is 22.5. The fraction of sp³-hybridized carbons (Fsp3) is 0.484. The van der Waals surface area contributed by atoms with Crippen LogP contribution in [0.4, 0.5) is 28.7 Å². The van der Waals surface area contributed by atoms with E-state index in [-0.39, 0.29) is 116 Å². The summed E-state index contributed by atoms with van der Waals surface area (Å²) in [6, 6.07) is 10.0. The fourth-order valence-electron chi connectivity index (χ4n) is 9.34. The first-order valence-electron chi connectivity index (χ1n) is 32.2. The lowest BCUT2D eigenvalue weighted by Crippen LogP contribution is -2.33. The second kappa shape index (κ2) is 41.7. The Labute approximate surface area is 572 Å². The first-order chi connectivity index (χ1) is 47.6. The zero-order chi connectivity index (χ0) is 71.5. The summed E-state index contributed by atoms with van der Waals surface area (Å²) in [5, 5.41) is 27.1. The van der Waals surface area contributed by atoms with Gasteiger partial charge in [-0.05, 0) is 69.4 Å². The Bertz CT molecular complexity index is 3630. The van der Waals surface area contributed by atoms with E-state index >= 15 is 0 Å². The van der Waals surface area contributed by atoms with Crippen molar-refractivity contribution < 1.29 is 76.4 Å². The SMILES string of the molecule is CC(=O)Nc1ccc(OCCOCCOCCOCCOCCOCCC(=O)NCCCN(C)CCCNC(=O)CCNC(=O)c2nc(NC(=O)CCNC(=O)c3cc(NC(=O)c4nc(NC(=O)CCNC(=O)c5cc(NC(=O)c6nccn6C)cn5C)cn4C)cn3C)cn2C)cc1. The number of hydrogen-bond donors (Lipinski definition) is 10. The molecule has 0 spiro atoms. The highest BCUT2D eigenvalue weighted by Crippen LogP contribution is 2.19. The minimum absolute atomic E-state index is 0.000513. The molecular formula is C64H91N19O16. The van der Waals surface area contributed by atoms with Gasteiger partial charge in [-0.2, -0.15) is 0 Å². The Kier molecular flexibility index (Phi) is 32.7. The van der Waals surface area contributed by atoms with E-state index in [1.54, 1.807) is 76.5 Å². The van der Waals surface area contributed by atoms with Gasteiger partial charge in [0.05, 0.1) is 77.4 Å². The minimum Gasteiger partial charge on any atom is -0.491 e. The summed E-state index contributed by atoms with van der Waals surface area (Å²) in [7, 11) is 10.0. The predicted molar refractivity (Wildman–Crippen MR) is 362 cm³/mol. The van der Waals surface area contributed by atoms with Gasteiger partial charge in [0.2, 0.25) is 41.2 Å². The highest BCUT2D eigenvalue weighted by atomic mass is 16.6. The Morgan fingerprint density at radius 3 is 1.30 bits per heavy atom. The zero-order valence-corrected chi connectivity index (χ0v) is 57.0. The fourth-order valence-corrected chi connectivity index (χ4v) is 9.34. The first kappa shape index (κ1) is 77.7. The smallest absolute Gasteiger partial charge is 0.291 e. The van der Waals surface area contributed by atoms with Gasteiger partial charge in [-0.1, -0.05) is 0 Å². The Hall–Kier alpha value is -10.3. The molecule has 0 fully saturated rings. The number of ether oxygens (including phenoxy) is 6. The quantitative estimate of drug-likeness (QED) is 0.0240. The molecule has 35 nitrogen and oxygen atoms in total. The Morgan fingerprint density at radius 1 is 0.414 bits per heavy atom. The largest absolute Gasteiger partial charge is 0.491 e. The molecule has 0 radical (unpaired) electrons. The van der Waals surface area contributed by atoms with Crippen LogP contribution in [0.2, 0.25) is 0 Å². The van der Waals surface area contributed by atoms with E-state index in [9.17, 15) is 47.9 Å². The third kappa shape index (κ3) is 28.3. The van der Waals surface area contributed by atoms with Crippen molar-refractivity contribution in [2.24, 2.45) is 35.2 Å². The lowest BCUT2D eigenvalue weighted by atomic mass is 10.3. The van der Waals surface area contributed by atoms with Gasteiger partial charge in [0, 0.05) is 143 Å². The van der Waals surface area contributed by atoms with Crippen LogP contribution >= 0.6 is 0 Å². The molecule has 10 N–H and O–H groups in total. The van der Waals surface area contributed by atoms with Crippen LogP contribution in [0.1, 0.15) is 98.3 Å². The maximum absolute atomic E-state index is 13.3. The molecule has 0 aliphatic rings. The number of carbonyl (C=O) groups excluding carboxylic acids is 10. The third-order valence-electron chi connectivity index (χ3n) is 14.3. The number of aryl methyl sites for hydroxylation is 5. The zero-order valence-electron chi connectivity index (χ0n) is 57.0. The maximum atomic E-state index is 13.3. The predicted octanol–water partition coefficient (Wildman–Crippen LogP) is 1.16. The number of anilines is 5. The molecule has 0 aliphatic heterocycles. The van der Waals surface area contributed by atoms with E-state index < -0.39 is 41.4 Å². The lowest BCUT2D eigenvalue weighted by Gasteiger charge is -2.16. The van der Waals surface area contributed by atoms with Crippen LogP contribution < -0.4 is 57.9 Å². The van der Waals surface area contributed by atoms with Crippen LogP contribution in [0.25, 0.3) is 0 Å². The Balaban J connectivity index is 0.718. The van der Waals surface area contributed by atoms with Crippen molar-refractivity contribution in [2.75, 3.05) is 152 Å². The van der Waals surface area contributed by atoms with Crippen LogP contribution in [0, 0.1) is 0 Å². The monoisotopic (exact) mass is 1380 g/mol. The number of imidazole rings is 3. The number of hydrogen-bond acceptors (Lipinski definition) is 20. The molecule has 0 saturated carbocycles. The topological polar surface area (TPSA) is 413 Å². The average molecular weight is 1380 g/mol. The van der Waals surface area contributed by atoms with E-state index in [4.69, 9.17) is 28.4 Å². The normalized spacial score (nSPS) is 11.0. The van der Waals surface area contributed by atoms with E-state index in [1.807, 2.05) is 7.05 Å². The van der Waals surface area contributed by atoms with Gasteiger partial charge in [-0.25, -0.2) is 15.0 Å². The summed E-state index contributed by atoms with van der Waals surface area (Å²) in [6.07, 6.45) is 10.6. The van der Waals surface area contributed by atoms with Crippen molar-refractivity contribution in [1.29, 1.82) is 0 Å². The molecule has 0 atom stereocenters. The Morgan fingerprint density at radius 2 is 0.838 bits per heavy atom. The van der Waals surface area contributed by atoms with Crippen LogP contribution in [0.3, 0.4) is 0 Å². The summed E-state index contributed by atoms with van der Waals surface area (Å²) >= 11 is 0. The summed E-state index contributed by atoms with van der Waals surface area (Å²) in [6.45, 7) is 8.22. The van der Waals surface area contributed by atoms with Crippen LogP contribution in [0.5, 0.6) is 5.75 Å². The molecule has 1 aromatic carbocycles. The van der Waals surface area contributed by atoms with Crippen molar-refractivity contribution in [3.63, 3.8) is 0 Å². The number of carbonyl (C=O) groups is 10. The molecule has 6 rings (SSSR count). The highest BCUT2D eigenvalue weighted by molar-refractivity contribution is 6.05. The molecule has 0 saturated heterocycles. The maximum Gasteiger partial charge on any atom is 0.291 e. The highest BCUT2D eigenvalue weighted by Gasteiger charge is 2.22. The molecule has 0 aliphatic carbocycles. The van der Waals surface area contributed by atoms with Crippen LogP contribution in [0.15, 0.2) is 73.6 Å². The number of benzene rings is 1. The van der Waals surface area contributed by atoms with E-state index in [1.165, 1.54) is 62.1 Å². The van der Waals surface area contributed by atoms with Crippen molar-refractivity contribution in [3.05, 3.63) is 102 Å². The van der Waals surface area contributed by atoms with Gasteiger partial charge in [-0.3, -0.25) is 47.9 Å². The van der Waals surface area contributed by atoms with Gasteiger partial charge in [0.25, 0.3) is 29.5 Å². The summed E-state index contributed by atoms with van der Waals surface area (Å²) < 4.78 is 40.6. The standard InChI is InChI=1S/C64H91N19O16/c1-44(84)71-45-10-12-48(13-11-45)99-37-36-98-35-34-97-33-32-96-31-30-95-29-28-94-27-17-54(86)66-19-9-25-78(2)24-8-18-65-53(85)14-20-70-62(91)58-76-51(42-82(58)6)74-55(87)15-21-69-61(90)50-39-47(41-81(50)5)73-64(93)59-77-52(43-83(59)7)75-56(88)16-22-68-60(89)49-38-46(40-80(49)4)72-63(92)57-67-23-26-79(57)3/h10-13,23,26,38-43H,8-9,14-22,24-25,27-37H2,1-7H3,(H,65,85)(H,66,86)(H,68,89)(H,69,90)(H,70,91)(H,71,84)(H,72,92)(H,73,93)(H,74,87)(H,75,88). The van der Waals surface area contributed by atoms with E-state index in [2.05, 4.69) is 73.0 Å². The molecule has 10 amide bonds. The number of nitrogens with one attached hydrogen (secondary N) is 10. The van der Waals surface area contributed by atoms with E-state index in [0.717, 1.165) is 19.5 Å². The van der Waals surface area contributed by atoms with Crippen molar-refractivity contribution in [2.45, 2.75) is 45.4 Å². The van der Waals surface area contributed by atoms with Gasteiger partial charge in [0.15, 0.2) is 17.5 Å². The molecule has 538 valence electrons. The number of nitrogens with zero attached hydrogens (tertiary/aromatic N) is 9. The molecule has 6 aromatic rings. The second-order valence-electron chi connectivity index (χ2n) is 22.5. The molecule has 0 unspecified atom stereocenters. The lowest BCUT2D eigenvalue weighted by molar-refractivity contribution is -0.122. The molecule has 5 aromatic heterocycles. The molecular weight excluding hydrogens is 1290 g/mol. The summed E-state index contributed by atoms with van der Waals surface area (Å²) in [5.41, 5.74) is 1.77. The minimum atomic E-state index is -0.638. The van der Waals surface area contributed by atoms with Crippen LogP contribution in [-0.2, 0) is 82.9 Å². The van der Waals surface area contributed by atoms with Crippen molar-refractivity contribution >= 4 is 87.8 Å². The summed E-state index contributed by atoms with van der Waals surface area (Å²) in [5.74, 6) is -3.07.